The molecule has 0 unspecified atom stereocenters. The minimum Gasteiger partial charge on any atom is -0.490 e. The molecule has 154 valence electrons. The number of halogens is 3. The Labute approximate surface area is 198 Å². The Hall–Kier alpha value is -2.28. The van der Waals surface area contributed by atoms with Gasteiger partial charge in [-0.15, -0.1) is 6.42 Å². The molecule has 0 atom stereocenters. The average molecular weight is 599 g/mol. The quantitative estimate of drug-likeness (QED) is 0.209. The normalized spacial score (nSPS) is 10.9. The fraction of sp³-hybridized carbons (Fsp3) is 0.143. The van der Waals surface area contributed by atoms with E-state index in [1.165, 1.54) is 6.21 Å². The van der Waals surface area contributed by atoms with Crippen LogP contribution in [0.2, 0.25) is 0 Å². The molecule has 1 N–H and O–H groups in total. The second-order valence-electron chi connectivity index (χ2n) is 5.86. The largest absolute Gasteiger partial charge is 0.490 e. The molecule has 0 saturated heterocycles. The van der Waals surface area contributed by atoms with Crippen LogP contribution in [0.1, 0.15) is 23.0 Å². The Kier molecular flexibility index (Phi) is 7.58. The molecule has 0 saturated carbocycles. The van der Waals surface area contributed by atoms with Gasteiger partial charge in [-0.2, -0.15) is 5.10 Å². The maximum atomic E-state index is 12.4. The number of carbonyl (C=O) groups is 1. The highest BCUT2D eigenvalue weighted by Gasteiger charge is 2.14. The number of furan rings is 1. The molecule has 1 aromatic heterocycles. The summed E-state index contributed by atoms with van der Waals surface area (Å²) in [5, 5.41) is 4.81. The van der Waals surface area contributed by atoms with E-state index in [2.05, 4.69) is 64.2 Å². The standard InChI is InChI=1S/C21H15Br3N2O4/c1-3-5-29-18-10-15(23)13(8-17(18)28-4-2)11-25-26-21(27)19-7-12-6-14(22)9-16(24)20(12)30-19/h1,6-11H,4-5H2,2H3,(H,26,27)/b25-11-. The number of hydrogen-bond donors (Lipinski definition) is 1. The first kappa shape index (κ1) is 22.4. The van der Waals surface area contributed by atoms with Gasteiger partial charge >= 0.3 is 5.91 Å². The Morgan fingerprint density at radius 2 is 1.93 bits per heavy atom. The van der Waals surface area contributed by atoms with Crippen molar-refractivity contribution in [2.45, 2.75) is 6.92 Å². The van der Waals surface area contributed by atoms with Gasteiger partial charge in [0.15, 0.2) is 17.3 Å². The Balaban J connectivity index is 1.77. The number of terminal acetylenes is 1. The minimum absolute atomic E-state index is 0.125. The highest BCUT2D eigenvalue weighted by Crippen LogP contribution is 2.33. The molecule has 0 aliphatic carbocycles. The van der Waals surface area contributed by atoms with E-state index in [9.17, 15) is 4.79 Å². The molecule has 3 aromatic rings. The zero-order valence-corrected chi connectivity index (χ0v) is 20.4. The van der Waals surface area contributed by atoms with Crippen molar-refractivity contribution in [2.75, 3.05) is 13.2 Å². The fourth-order valence-corrected chi connectivity index (χ4v) is 4.32. The van der Waals surface area contributed by atoms with Crippen LogP contribution >= 0.6 is 47.8 Å². The van der Waals surface area contributed by atoms with Crippen molar-refractivity contribution in [1.29, 1.82) is 0 Å². The number of hydrazone groups is 1. The average Bonchev–Trinajstić information content (AvgIpc) is 3.13. The number of nitrogens with one attached hydrogen (secondary N) is 1. The number of nitrogens with zero attached hydrogens (tertiary/aromatic N) is 1. The van der Waals surface area contributed by atoms with Crippen molar-refractivity contribution in [3.63, 3.8) is 0 Å². The van der Waals surface area contributed by atoms with Crippen LogP contribution in [0.25, 0.3) is 11.0 Å². The van der Waals surface area contributed by atoms with Crippen molar-refractivity contribution in [2.24, 2.45) is 5.10 Å². The monoisotopic (exact) mass is 596 g/mol. The molecule has 3 rings (SSSR count). The highest BCUT2D eigenvalue weighted by molar-refractivity contribution is 9.11. The molecule has 6 nitrogen and oxygen atoms in total. The van der Waals surface area contributed by atoms with Crippen molar-refractivity contribution in [3.05, 3.63) is 55.1 Å². The van der Waals surface area contributed by atoms with Gasteiger partial charge in [0.2, 0.25) is 0 Å². The van der Waals surface area contributed by atoms with E-state index in [4.69, 9.17) is 20.3 Å². The molecular formula is C21H15Br3N2O4. The summed E-state index contributed by atoms with van der Waals surface area (Å²) >= 11 is 10.3. The lowest BCUT2D eigenvalue weighted by Crippen LogP contribution is -2.16. The molecule has 0 fully saturated rings. The third kappa shape index (κ3) is 5.25. The summed E-state index contributed by atoms with van der Waals surface area (Å²) in [6.45, 7) is 2.45. The lowest BCUT2D eigenvalue weighted by molar-refractivity contribution is 0.0929. The molecule has 9 heteroatoms. The van der Waals surface area contributed by atoms with Gasteiger partial charge in [-0.25, -0.2) is 5.43 Å². The van der Waals surface area contributed by atoms with Gasteiger partial charge in [0, 0.05) is 19.9 Å². The second kappa shape index (κ2) is 10.2. The van der Waals surface area contributed by atoms with Gasteiger partial charge in [0.05, 0.1) is 17.3 Å². The highest BCUT2D eigenvalue weighted by atomic mass is 79.9. The van der Waals surface area contributed by atoms with Crippen LogP contribution in [0.3, 0.4) is 0 Å². The van der Waals surface area contributed by atoms with Crippen LogP contribution in [0, 0.1) is 12.3 Å². The summed E-state index contributed by atoms with van der Waals surface area (Å²) in [6.07, 6.45) is 6.74. The van der Waals surface area contributed by atoms with Crippen LogP contribution in [0.15, 0.2) is 53.3 Å². The summed E-state index contributed by atoms with van der Waals surface area (Å²) < 4.78 is 19.0. The van der Waals surface area contributed by atoms with Crippen LogP contribution in [-0.2, 0) is 0 Å². The zero-order valence-electron chi connectivity index (χ0n) is 15.7. The van der Waals surface area contributed by atoms with Crippen molar-refractivity contribution in [1.82, 2.24) is 5.43 Å². The Morgan fingerprint density at radius 1 is 1.17 bits per heavy atom. The molecule has 30 heavy (non-hydrogen) atoms. The van der Waals surface area contributed by atoms with Crippen LogP contribution in [-0.4, -0.2) is 25.3 Å². The molecule has 1 amide bonds. The summed E-state index contributed by atoms with van der Waals surface area (Å²) in [4.78, 5) is 12.4. The van der Waals surface area contributed by atoms with E-state index in [0.717, 1.165) is 14.3 Å². The zero-order chi connectivity index (χ0) is 21.7. The lowest BCUT2D eigenvalue weighted by atomic mass is 10.2. The maximum Gasteiger partial charge on any atom is 0.307 e. The topological polar surface area (TPSA) is 73.1 Å². The lowest BCUT2D eigenvalue weighted by Gasteiger charge is -2.12. The predicted molar refractivity (Wildman–Crippen MR) is 126 cm³/mol. The molecular weight excluding hydrogens is 584 g/mol. The minimum atomic E-state index is -0.472. The molecule has 0 spiro atoms. The number of carbonyl (C=O) groups excluding carboxylic acids is 1. The first-order valence-corrected chi connectivity index (χ1v) is 11.1. The molecule has 0 aliphatic heterocycles. The van der Waals surface area contributed by atoms with Gasteiger partial charge in [0.1, 0.15) is 12.2 Å². The summed E-state index contributed by atoms with van der Waals surface area (Å²) in [7, 11) is 0. The van der Waals surface area contributed by atoms with Crippen LogP contribution in [0.5, 0.6) is 11.5 Å². The fourth-order valence-electron chi connectivity index (χ4n) is 2.55. The van der Waals surface area contributed by atoms with E-state index >= 15 is 0 Å². The number of hydrogen-bond acceptors (Lipinski definition) is 5. The molecule has 2 aromatic carbocycles. The number of benzene rings is 2. The summed E-state index contributed by atoms with van der Waals surface area (Å²) in [5.74, 6) is 3.13. The predicted octanol–water partition coefficient (Wildman–Crippen LogP) is 5.89. The summed E-state index contributed by atoms with van der Waals surface area (Å²) in [6, 6.07) is 8.83. The Bertz CT molecular complexity index is 1170. The maximum absolute atomic E-state index is 12.4. The number of amides is 1. The van der Waals surface area contributed by atoms with Gasteiger partial charge in [0.25, 0.3) is 0 Å². The number of fused-ring (bicyclic) bond motifs is 1. The second-order valence-corrected chi connectivity index (χ2v) is 8.49. The van der Waals surface area contributed by atoms with Crippen LogP contribution < -0.4 is 14.9 Å². The molecule has 0 aliphatic rings. The van der Waals surface area contributed by atoms with E-state index in [0.29, 0.717) is 33.7 Å². The van der Waals surface area contributed by atoms with Gasteiger partial charge in [-0.3, -0.25) is 4.79 Å². The summed E-state index contributed by atoms with van der Waals surface area (Å²) in [5.41, 5.74) is 3.73. The molecule has 0 bridgehead atoms. The van der Waals surface area contributed by atoms with Crippen molar-refractivity contribution >= 4 is 70.9 Å². The van der Waals surface area contributed by atoms with Gasteiger partial charge < -0.3 is 13.9 Å². The van der Waals surface area contributed by atoms with Crippen LogP contribution in [0.4, 0.5) is 0 Å². The van der Waals surface area contributed by atoms with Gasteiger partial charge in [-0.05, 0) is 69.1 Å². The first-order chi connectivity index (χ1) is 14.4. The van der Waals surface area contributed by atoms with Crippen molar-refractivity contribution < 1.29 is 18.7 Å². The van der Waals surface area contributed by atoms with Crippen molar-refractivity contribution in [3.8, 4) is 23.8 Å². The van der Waals surface area contributed by atoms with E-state index in [1.807, 2.05) is 19.1 Å². The number of ether oxygens (including phenoxy) is 2. The van der Waals surface area contributed by atoms with Gasteiger partial charge in [-0.1, -0.05) is 21.9 Å². The van der Waals surface area contributed by atoms with E-state index < -0.39 is 5.91 Å². The van der Waals surface area contributed by atoms with E-state index in [1.54, 1.807) is 18.2 Å². The Morgan fingerprint density at radius 3 is 2.67 bits per heavy atom. The number of rotatable bonds is 7. The molecule has 0 radical (unpaired) electrons. The smallest absolute Gasteiger partial charge is 0.307 e. The SMILES string of the molecule is C#CCOc1cc(Br)c(/C=N\NC(=O)c2cc3cc(Br)cc(Br)c3o2)cc1OCC. The first-order valence-electron chi connectivity index (χ1n) is 8.67. The third-order valence-electron chi connectivity index (χ3n) is 3.80. The molecule has 1 heterocycles. The van der Waals surface area contributed by atoms with E-state index in [-0.39, 0.29) is 12.4 Å². The third-order valence-corrected chi connectivity index (χ3v) is 5.54.